The standard InChI is InChI=1S/C50H40N2S/c1-33-30-34(2)49-45(31-33)43-17-11-19-48(50(43)53-49)51(39-14-7-4-8-15-39)40-25-22-37(23-26-40)38-24-29-47-44(32-38)42-16-9-10-18-46(42)52(47)41-27-20-36(21-28-41)35-12-5-3-6-13-35/h3-29,32-34H,30-31H2,1-2H3. The molecule has 1 aliphatic rings. The van der Waals surface area contributed by atoms with Crippen LogP contribution in [0.2, 0.25) is 0 Å². The van der Waals surface area contributed by atoms with Gasteiger partial charge in [-0.2, -0.15) is 0 Å². The maximum absolute atomic E-state index is 2.45. The Morgan fingerprint density at radius 3 is 1.92 bits per heavy atom. The number of thiophene rings is 1. The van der Waals surface area contributed by atoms with Gasteiger partial charge >= 0.3 is 0 Å². The molecule has 9 aromatic rings. The minimum Gasteiger partial charge on any atom is -0.309 e. The first kappa shape index (κ1) is 31.8. The lowest BCUT2D eigenvalue weighted by atomic mass is 9.82. The van der Waals surface area contributed by atoms with Crippen LogP contribution in [0.4, 0.5) is 17.1 Å². The van der Waals surface area contributed by atoms with Crippen molar-refractivity contribution in [3.63, 3.8) is 0 Å². The number of aromatic nitrogens is 1. The summed E-state index contributed by atoms with van der Waals surface area (Å²) in [4.78, 5) is 4.03. The van der Waals surface area contributed by atoms with E-state index in [1.807, 2.05) is 11.3 Å². The van der Waals surface area contributed by atoms with Crippen molar-refractivity contribution in [2.45, 2.75) is 32.6 Å². The van der Waals surface area contributed by atoms with Crippen LogP contribution in [-0.4, -0.2) is 4.57 Å². The number of fused-ring (bicyclic) bond motifs is 6. The maximum Gasteiger partial charge on any atom is 0.0640 e. The predicted octanol–water partition coefficient (Wildman–Crippen LogP) is 14.5. The van der Waals surface area contributed by atoms with E-state index in [1.54, 1.807) is 10.4 Å². The van der Waals surface area contributed by atoms with E-state index in [1.165, 1.54) is 84.0 Å². The number of hydrogen-bond donors (Lipinski definition) is 0. The zero-order valence-corrected chi connectivity index (χ0v) is 30.9. The first-order valence-corrected chi connectivity index (χ1v) is 19.6. The summed E-state index contributed by atoms with van der Waals surface area (Å²) in [6.45, 7) is 4.82. The number of anilines is 3. The Bertz CT molecular complexity index is 2740. The van der Waals surface area contributed by atoms with Crippen molar-refractivity contribution in [2.75, 3.05) is 4.90 Å². The third kappa shape index (κ3) is 5.46. The van der Waals surface area contributed by atoms with Crippen LogP contribution < -0.4 is 4.90 Å². The molecular weight excluding hydrogens is 661 g/mol. The first-order chi connectivity index (χ1) is 26.1. The molecule has 7 aromatic carbocycles. The fourth-order valence-electron chi connectivity index (χ4n) is 8.77. The molecule has 0 bridgehead atoms. The van der Waals surface area contributed by atoms with Crippen LogP contribution in [0.15, 0.2) is 170 Å². The topological polar surface area (TPSA) is 8.17 Å². The lowest BCUT2D eigenvalue weighted by Gasteiger charge is -2.26. The highest BCUT2D eigenvalue weighted by atomic mass is 32.1. The van der Waals surface area contributed by atoms with Crippen molar-refractivity contribution in [1.29, 1.82) is 0 Å². The number of hydrogen-bond acceptors (Lipinski definition) is 2. The molecule has 0 aliphatic heterocycles. The summed E-state index contributed by atoms with van der Waals surface area (Å²) in [6, 6.07) is 62.2. The molecule has 2 heterocycles. The molecule has 0 N–H and O–H groups in total. The number of benzene rings is 7. The molecule has 0 radical (unpaired) electrons. The molecule has 0 amide bonds. The van der Waals surface area contributed by atoms with Gasteiger partial charge in [0.1, 0.15) is 0 Å². The van der Waals surface area contributed by atoms with E-state index in [0.717, 1.165) is 11.6 Å². The molecular formula is C50H40N2S. The Balaban J connectivity index is 1.04. The fourth-order valence-corrected chi connectivity index (χ4v) is 10.2. The van der Waals surface area contributed by atoms with Crippen LogP contribution >= 0.6 is 11.3 Å². The number of para-hydroxylation sites is 2. The highest BCUT2D eigenvalue weighted by molar-refractivity contribution is 7.20. The smallest absolute Gasteiger partial charge is 0.0640 e. The van der Waals surface area contributed by atoms with Crippen molar-refractivity contribution in [3.05, 3.63) is 180 Å². The van der Waals surface area contributed by atoms with E-state index in [0.29, 0.717) is 5.92 Å². The van der Waals surface area contributed by atoms with Crippen LogP contribution in [0.1, 0.15) is 36.6 Å². The van der Waals surface area contributed by atoms with Gasteiger partial charge in [-0.25, -0.2) is 0 Å². The van der Waals surface area contributed by atoms with Crippen LogP contribution in [0.5, 0.6) is 0 Å². The van der Waals surface area contributed by atoms with Crippen molar-refractivity contribution in [1.82, 2.24) is 4.57 Å². The van der Waals surface area contributed by atoms with Crippen LogP contribution in [0, 0.1) is 5.92 Å². The van der Waals surface area contributed by atoms with E-state index in [9.17, 15) is 0 Å². The summed E-state index contributed by atoms with van der Waals surface area (Å²) in [5, 5.41) is 3.95. The van der Waals surface area contributed by atoms with Gasteiger partial charge in [-0.3, -0.25) is 0 Å². The second-order valence-electron chi connectivity index (χ2n) is 14.8. The minimum absolute atomic E-state index is 0.606. The van der Waals surface area contributed by atoms with Gasteiger partial charge in [0.05, 0.1) is 21.4 Å². The summed E-state index contributed by atoms with van der Waals surface area (Å²) < 4.78 is 3.79. The van der Waals surface area contributed by atoms with Crippen LogP contribution in [0.3, 0.4) is 0 Å². The van der Waals surface area contributed by atoms with Gasteiger partial charge in [0.2, 0.25) is 0 Å². The molecule has 2 nitrogen and oxygen atoms in total. The summed E-state index contributed by atoms with van der Waals surface area (Å²) in [5.41, 5.74) is 13.6. The Morgan fingerprint density at radius 1 is 0.528 bits per heavy atom. The molecule has 0 spiro atoms. The molecule has 2 atom stereocenters. The van der Waals surface area contributed by atoms with Gasteiger partial charge in [-0.15, -0.1) is 11.3 Å². The Hall–Kier alpha value is -5.90. The number of rotatable bonds is 6. The first-order valence-electron chi connectivity index (χ1n) is 18.8. The van der Waals surface area contributed by atoms with Crippen molar-refractivity contribution < 1.29 is 0 Å². The summed E-state index contributed by atoms with van der Waals surface area (Å²) in [5.74, 6) is 1.33. The second kappa shape index (κ2) is 12.9. The average Bonchev–Trinajstić information content (AvgIpc) is 3.75. The molecule has 2 unspecified atom stereocenters. The highest BCUT2D eigenvalue weighted by Gasteiger charge is 2.28. The van der Waals surface area contributed by atoms with E-state index < -0.39 is 0 Å². The Kier molecular flexibility index (Phi) is 7.77. The molecule has 53 heavy (non-hydrogen) atoms. The Labute approximate surface area is 315 Å². The number of nitrogens with zero attached hydrogens (tertiary/aromatic N) is 2. The van der Waals surface area contributed by atoms with Crippen molar-refractivity contribution >= 4 is 60.3 Å². The van der Waals surface area contributed by atoms with E-state index in [2.05, 4.69) is 193 Å². The summed E-state index contributed by atoms with van der Waals surface area (Å²) in [6.07, 6.45) is 2.44. The molecule has 0 saturated heterocycles. The van der Waals surface area contributed by atoms with E-state index in [-0.39, 0.29) is 0 Å². The van der Waals surface area contributed by atoms with Gasteiger partial charge < -0.3 is 9.47 Å². The molecule has 256 valence electrons. The molecule has 2 aromatic heterocycles. The maximum atomic E-state index is 2.45. The third-order valence-electron chi connectivity index (χ3n) is 11.2. The summed E-state index contributed by atoms with van der Waals surface area (Å²) >= 11 is 2.01. The molecule has 0 saturated carbocycles. The van der Waals surface area contributed by atoms with Gasteiger partial charge in [-0.05, 0) is 119 Å². The SMILES string of the molecule is CC1Cc2c(sc3c(N(c4ccccc4)c4ccc(-c5ccc6c(c5)c5ccccc5n6-c5ccc(-c6ccccc6)cc5)cc4)cccc23)C(C)C1. The van der Waals surface area contributed by atoms with Crippen LogP contribution in [0.25, 0.3) is 59.8 Å². The normalized spacial score (nSPS) is 15.6. The highest BCUT2D eigenvalue weighted by Crippen LogP contribution is 2.49. The largest absolute Gasteiger partial charge is 0.309 e. The van der Waals surface area contributed by atoms with Gasteiger partial charge in [0.15, 0.2) is 0 Å². The third-order valence-corrected chi connectivity index (χ3v) is 12.7. The van der Waals surface area contributed by atoms with Gasteiger partial charge in [-0.1, -0.05) is 123 Å². The minimum atomic E-state index is 0.606. The molecule has 0 fully saturated rings. The summed E-state index contributed by atoms with van der Waals surface area (Å²) in [7, 11) is 0. The van der Waals surface area contributed by atoms with E-state index >= 15 is 0 Å². The predicted molar refractivity (Wildman–Crippen MR) is 228 cm³/mol. The zero-order chi connectivity index (χ0) is 35.5. The van der Waals surface area contributed by atoms with Crippen molar-refractivity contribution in [3.8, 4) is 27.9 Å². The zero-order valence-electron chi connectivity index (χ0n) is 30.0. The monoisotopic (exact) mass is 700 g/mol. The van der Waals surface area contributed by atoms with Gasteiger partial charge in [0.25, 0.3) is 0 Å². The molecule has 1 aliphatic carbocycles. The molecule has 3 heteroatoms. The quantitative estimate of drug-likeness (QED) is 0.168. The van der Waals surface area contributed by atoms with Crippen molar-refractivity contribution in [2.24, 2.45) is 5.92 Å². The Morgan fingerprint density at radius 2 is 1.13 bits per heavy atom. The molecule has 10 rings (SSSR count). The van der Waals surface area contributed by atoms with Crippen LogP contribution in [-0.2, 0) is 6.42 Å². The van der Waals surface area contributed by atoms with Gasteiger partial charge in [0, 0.05) is 32.7 Å². The van der Waals surface area contributed by atoms with E-state index in [4.69, 9.17) is 0 Å². The fraction of sp³-hybridized carbons (Fsp3) is 0.120. The lowest BCUT2D eigenvalue weighted by molar-refractivity contribution is 0.458. The average molecular weight is 701 g/mol. The second-order valence-corrected chi connectivity index (χ2v) is 15.8. The lowest BCUT2D eigenvalue weighted by Crippen LogP contribution is -2.12.